The van der Waals surface area contributed by atoms with Crippen molar-refractivity contribution in [3.63, 3.8) is 0 Å². The molecule has 4 N–H and O–H groups in total. The number of nitrogen functional groups attached to an aromatic ring is 1. The normalized spacial score (nSPS) is 15.3. The molecule has 1 aliphatic carbocycles. The van der Waals surface area contributed by atoms with E-state index in [-0.39, 0.29) is 12.5 Å². The van der Waals surface area contributed by atoms with Gasteiger partial charge in [-0.2, -0.15) is 0 Å². The van der Waals surface area contributed by atoms with Crippen LogP contribution in [0.2, 0.25) is 0 Å². The number of carbonyl (C=O) groups is 2. The molecule has 1 amide bonds. The second kappa shape index (κ2) is 15.0. The number of hydrogen-bond acceptors (Lipinski definition) is 6. The molecule has 0 unspecified atom stereocenters. The lowest BCUT2D eigenvalue weighted by Gasteiger charge is -2.32. The third-order valence-electron chi connectivity index (χ3n) is 4.57. The quantitative estimate of drug-likeness (QED) is 0.629. The fourth-order valence-corrected chi connectivity index (χ4v) is 3.10. The summed E-state index contributed by atoms with van der Waals surface area (Å²) < 4.78 is 0. The standard InChI is InChI=1S/C14H20N2O2.C6H8N2.C3H6.C2H4O/c1-10-7-12-8-11(14(18)15-5-6-17)3-4-13(12)16(2)9-10;1-5-3-2-4-6(7)8-5;1-2-3-1;1-2-3/h3-4,8,10,17H,5-7,9H2,1-2H3,(H,15,18);2-4H,1H3,(H2,7,8);1-3H2;2H,1H3/t10-;;;/m1.../s1. The molecule has 7 nitrogen and oxygen atoms in total. The topological polar surface area (TPSA) is 109 Å². The molecule has 1 aliphatic heterocycles. The van der Waals surface area contributed by atoms with Gasteiger partial charge in [0.1, 0.15) is 12.1 Å². The summed E-state index contributed by atoms with van der Waals surface area (Å²) in [5.74, 6) is 1.08. The van der Waals surface area contributed by atoms with Gasteiger partial charge in [-0.05, 0) is 62.1 Å². The lowest BCUT2D eigenvalue weighted by Crippen LogP contribution is -2.31. The Balaban J connectivity index is 0.000000298. The number of nitrogens with two attached hydrogens (primary N) is 1. The van der Waals surface area contributed by atoms with Crippen molar-refractivity contribution in [2.75, 3.05) is 37.4 Å². The average Bonchev–Trinajstić information content (AvgIpc) is 3.62. The number of nitrogens with zero attached hydrogens (tertiary/aromatic N) is 2. The Labute approximate surface area is 192 Å². The third-order valence-corrected chi connectivity index (χ3v) is 4.57. The number of benzene rings is 1. The van der Waals surface area contributed by atoms with Crippen LogP contribution >= 0.6 is 0 Å². The van der Waals surface area contributed by atoms with Gasteiger partial charge in [-0.25, -0.2) is 4.98 Å². The highest BCUT2D eigenvalue weighted by Crippen LogP contribution is 2.29. The van der Waals surface area contributed by atoms with E-state index in [0.717, 1.165) is 24.9 Å². The number of fused-ring (bicyclic) bond motifs is 1. The van der Waals surface area contributed by atoms with E-state index in [2.05, 4.69) is 29.2 Å². The summed E-state index contributed by atoms with van der Waals surface area (Å²) in [7, 11) is 2.08. The van der Waals surface area contributed by atoms with Gasteiger partial charge in [-0.1, -0.05) is 32.3 Å². The number of aliphatic hydroxyl groups excluding tert-OH is 1. The van der Waals surface area contributed by atoms with E-state index in [0.29, 0.717) is 23.8 Å². The first kappa shape index (κ1) is 27.1. The molecule has 0 radical (unpaired) electrons. The summed E-state index contributed by atoms with van der Waals surface area (Å²) in [5, 5.41) is 11.4. The minimum absolute atomic E-state index is 0.0313. The predicted octanol–water partition coefficient (Wildman–Crippen LogP) is 3.38. The van der Waals surface area contributed by atoms with Crippen LogP contribution in [0.1, 0.15) is 54.7 Å². The molecule has 0 spiro atoms. The zero-order chi connectivity index (χ0) is 23.9. The van der Waals surface area contributed by atoms with Crippen LogP contribution in [-0.2, 0) is 11.2 Å². The summed E-state index contributed by atoms with van der Waals surface area (Å²) in [4.78, 5) is 26.8. The van der Waals surface area contributed by atoms with Gasteiger partial charge in [0.05, 0.1) is 6.61 Å². The predicted molar refractivity (Wildman–Crippen MR) is 131 cm³/mol. The van der Waals surface area contributed by atoms with Gasteiger partial charge in [-0.15, -0.1) is 0 Å². The zero-order valence-electron chi connectivity index (χ0n) is 19.8. The van der Waals surface area contributed by atoms with E-state index in [9.17, 15) is 4.79 Å². The lowest BCUT2D eigenvalue weighted by molar-refractivity contribution is -0.106. The molecule has 2 aliphatic rings. The Morgan fingerprint density at radius 3 is 2.44 bits per heavy atom. The van der Waals surface area contributed by atoms with Gasteiger partial charge in [0.25, 0.3) is 5.91 Å². The van der Waals surface area contributed by atoms with Gasteiger partial charge in [0.2, 0.25) is 0 Å². The molecule has 176 valence electrons. The van der Waals surface area contributed by atoms with E-state index >= 15 is 0 Å². The van der Waals surface area contributed by atoms with Gasteiger partial charge < -0.3 is 25.9 Å². The van der Waals surface area contributed by atoms with Crippen molar-refractivity contribution < 1.29 is 14.7 Å². The lowest BCUT2D eigenvalue weighted by atomic mass is 9.93. The summed E-state index contributed by atoms with van der Waals surface area (Å²) in [6.07, 6.45) is 6.26. The number of aliphatic hydroxyl groups is 1. The molecule has 2 heterocycles. The van der Waals surface area contributed by atoms with Crippen molar-refractivity contribution >= 4 is 23.7 Å². The van der Waals surface area contributed by atoms with Crippen molar-refractivity contribution in [1.29, 1.82) is 0 Å². The number of aromatic nitrogens is 1. The number of hydrogen-bond donors (Lipinski definition) is 3. The second-order valence-corrected chi connectivity index (χ2v) is 8.01. The SMILES string of the molecule is C1CC1.CC=O.C[C@@H]1Cc2cc(C(=O)NCCO)ccc2N(C)C1.Cc1cccc(N)n1. The van der Waals surface area contributed by atoms with Gasteiger partial charge >= 0.3 is 0 Å². The van der Waals surface area contributed by atoms with E-state index in [1.165, 1.54) is 37.4 Å². The molecule has 0 saturated heterocycles. The number of anilines is 2. The average molecular weight is 443 g/mol. The first-order valence-electron chi connectivity index (χ1n) is 11.1. The first-order chi connectivity index (χ1) is 15.3. The molecule has 2 aromatic rings. The Morgan fingerprint density at radius 1 is 1.28 bits per heavy atom. The smallest absolute Gasteiger partial charge is 0.251 e. The molecule has 1 aromatic heterocycles. The van der Waals surface area contributed by atoms with E-state index in [1.807, 2.05) is 37.3 Å². The highest BCUT2D eigenvalue weighted by Gasteiger charge is 2.20. The second-order valence-electron chi connectivity index (χ2n) is 8.01. The zero-order valence-corrected chi connectivity index (χ0v) is 19.8. The summed E-state index contributed by atoms with van der Waals surface area (Å²) in [6, 6.07) is 11.4. The van der Waals surface area contributed by atoms with Crippen LogP contribution in [0, 0.1) is 12.8 Å². The molecule has 0 bridgehead atoms. The molecule has 7 heteroatoms. The number of aldehydes is 1. The minimum atomic E-state index is -0.118. The van der Waals surface area contributed by atoms with Crippen LogP contribution < -0.4 is 16.0 Å². The Hall–Kier alpha value is -2.93. The highest BCUT2D eigenvalue weighted by atomic mass is 16.3. The van der Waals surface area contributed by atoms with E-state index in [1.54, 1.807) is 6.07 Å². The van der Waals surface area contributed by atoms with Crippen LogP contribution in [0.4, 0.5) is 11.5 Å². The van der Waals surface area contributed by atoms with Crippen LogP contribution in [0.15, 0.2) is 36.4 Å². The van der Waals surface area contributed by atoms with Crippen molar-refractivity contribution in [2.45, 2.75) is 46.5 Å². The fourth-order valence-electron chi connectivity index (χ4n) is 3.10. The number of nitrogens with one attached hydrogen (secondary N) is 1. The third kappa shape index (κ3) is 10.9. The van der Waals surface area contributed by atoms with Gasteiger partial charge in [0.15, 0.2) is 0 Å². The number of carbonyl (C=O) groups excluding carboxylic acids is 2. The van der Waals surface area contributed by atoms with E-state index in [4.69, 9.17) is 15.6 Å². The van der Waals surface area contributed by atoms with Crippen LogP contribution in [0.25, 0.3) is 0 Å². The molecule has 32 heavy (non-hydrogen) atoms. The molecule has 1 saturated carbocycles. The Kier molecular flexibility index (Phi) is 12.7. The van der Waals surface area contributed by atoms with Crippen molar-refractivity contribution in [3.8, 4) is 0 Å². The van der Waals surface area contributed by atoms with Gasteiger partial charge in [0, 0.05) is 37.1 Å². The first-order valence-corrected chi connectivity index (χ1v) is 11.1. The minimum Gasteiger partial charge on any atom is -0.395 e. The maximum atomic E-state index is 11.8. The van der Waals surface area contributed by atoms with Crippen LogP contribution in [0.5, 0.6) is 0 Å². The van der Waals surface area contributed by atoms with Crippen molar-refractivity contribution in [1.82, 2.24) is 10.3 Å². The summed E-state index contributed by atoms with van der Waals surface area (Å²) >= 11 is 0. The highest BCUT2D eigenvalue weighted by molar-refractivity contribution is 5.95. The van der Waals surface area contributed by atoms with Crippen LogP contribution in [-0.4, -0.2) is 49.0 Å². The largest absolute Gasteiger partial charge is 0.395 e. The molecule has 4 rings (SSSR count). The monoisotopic (exact) mass is 442 g/mol. The summed E-state index contributed by atoms with van der Waals surface area (Å²) in [5.41, 5.74) is 9.43. The van der Waals surface area contributed by atoms with E-state index < -0.39 is 0 Å². The summed E-state index contributed by atoms with van der Waals surface area (Å²) in [6.45, 7) is 6.90. The number of pyridine rings is 1. The maximum absolute atomic E-state index is 11.8. The number of rotatable bonds is 3. The van der Waals surface area contributed by atoms with Gasteiger partial charge in [-0.3, -0.25) is 4.79 Å². The fraction of sp³-hybridized carbons (Fsp3) is 0.480. The molecule has 1 aromatic carbocycles. The molecule has 1 fully saturated rings. The van der Waals surface area contributed by atoms with Crippen molar-refractivity contribution in [2.24, 2.45) is 5.92 Å². The molecule has 1 atom stereocenters. The Bertz CT molecular complexity index is 820. The van der Waals surface area contributed by atoms with Crippen molar-refractivity contribution in [3.05, 3.63) is 53.2 Å². The van der Waals surface area contributed by atoms with Crippen LogP contribution in [0.3, 0.4) is 0 Å². The number of amides is 1. The molecular formula is C25H38N4O3. The maximum Gasteiger partial charge on any atom is 0.251 e. The Morgan fingerprint density at radius 2 is 1.94 bits per heavy atom. The molecular weight excluding hydrogens is 404 g/mol. The number of aryl methyl sites for hydroxylation is 1.